The van der Waals surface area contributed by atoms with Gasteiger partial charge in [0.15, 0.2) is 0 Å². The van der Waals surface area contributed by atoms with E-state index < -0.39 is 11.7 Å². The second kappa shape index (κ2) is 8.11. The SMILES string of the molecule is Cc1ccc(-n2c(C)cc(/C=N\NC(=O)c3ccc(C#N)cc3F)c2C)c(C)c1. The summed E-state index contributed by atoms with van der Waals surface area (Å²) in [4.78, 5) is 12.2. The van der Waals surface area contributed by atoms with Gasteiger partial charge in [0.25, 0.3) is 5.91 Å². The van der Waals surface area contributed by atoms with Crippen molar-refractivity contribution < 1.29 is 9.18 Å². The van der Waals surface area contributed by atoms with Crippen LogP contribution in [0.2, 0.25) is 0 Å². The van der Waals surface area contributed by atoms with Crippen LogP contribution >= 0.6 is 0 Å². The van der Waals surface area contributed by atoms with Crippen molar-refractivity contribution in [3.63, 3.8) is 0 Å². The average molecular weight is 388 g/mol. The third-order valence-electron chi connectivity index (χ3n) is 4.78. The van der Waals surface area contributed by atoms with Crippen molar-refractivity contribution in [2.45, 2.75) is 27.7 Å². The van der Waals surface area contributed by atoms with Crippen molar-refractivity contribution in [3.05, 3.63) is 87.5 Å². The van der Waals surface area contributed by atoms with Gasteiger partial charge >= 0.3 is 0 Å². The highest BCUT2D eigenvalue weighted by molar-refractivity contribution is 5.95. The third-order valence-corrected chi connectivity index (χ3v) is 4.78. The molecule has 0 unspecified atom stereocenters. The standard InChI is InChI=1S/C23H21FN4O/c1-14-5-8-22(15(2)9-14)28-16(3)10-19(17(28)4)13-26-27-23(29)20-7-6-18(12-25)11-21(20)24/h5-11,13H,1-4H3,(H,27,29)/b26-13-. The number of carbonyl (C=O) groups is 1. The van der Waals surface area contributed by atoms with Crippen molar-refractivity contribution in [1.82, 2.24) is 9.99 Å². The van der Waals surface area contributed by atoms with Crippen LogP contribution in [0.25, 0.3) is 5.69 Å². The number of hydrazone groups is 1. The molecule has 29 heavy (non-hydrogen) atoms. The maximum atomic E-state index is 13.9. The quantitative estimate of drug-likeness (QED) is 0.529. The highest BCUT2D eigenvalue weighted by atomic mass is 19.1. The summed E-state index contributed by atoms with van der Waals surface area (Å²) in [6, 6.07) is 13.8. The topological polar surface area (TPSA) is 70.2 Å². The molecule has 0 saturated carbocycles. The van der Waals surface area contributed by atoms with Crippen LogP contribution in [0.4, 0.5) is 4.39 Å². The molecule has 1 N–H and O–H groups in total. The summed E-state index contributed by atoms with van der Waals surface area (Å²) in [5.74, 6) is -1.43. The van der Waals surface area contributed by atoms with Crippen LogP contribution in [0.1, 0.15) is 44.0 Å². The lowest BCUT2D eigenvalue weighted by molar-refractivity contribution is 0.0951. The molecule has 6 heteroatoms. The zero-order valence-corrected chi connectivity index (χ0v) is 16.7. The molecule has 0 radical (unpaired) electrons. The number of carbonyl (C=O) groups excluding carboxylic acids is 1. The minimum absolute atomic E-state index is 0.154. The van der Waals surface area contributed by atoms with E-state index in [1.165, 1.54) is 23.3 Å². The molecule has 5 nitrogen and oxygen atoms in total. The van der Waals surface area contributed by atoms with E-state index >= 15 is 0 Å². The first-order valence-corrected chi connectivity index (χ1v) is 9.11. The first-order chi connectivity index (χ1) is 13.8. The maximum Gasteiger partial charge on any atom is 0.274 e. The zero-order valence-electron chi connectivity index (χ0n) is 16.7. The number of aromatic nitrogens is 1. The molecule has 0 aliphatic rings. The molecule has 1 aromatic heterocycles. The molecular formula is C23H21FN4O. The molecule has 3 rings (SSSR count). The fraction of sp³-hybridized carbons (Fsp3) is 0.174. The number of nitrogens with one attached hydrogen (secondary N) is 1. The van der Waals surface area contributed by atoms with E-state index in [0.29, 0.717) is 0 Å². The van der Waals surface area contributed by atoms with Gasteiger partial charge in [0.1, 0.15) is 5.82 Å². The number of halogens is 1. The molecule has 1 amide bonds. The summed E-state index contributed by atoms with van der Waals surface area (Å²) in [6.07, 6.45) is 1.54. The first-order valence-electron chi connectivity index (χ1n) is 9.11. The molecule has 0 bridgehead atoms. The number of aryl methyl sites for hydroxylation is 3. The largest absolute Gasteiger partial charge is 0.318 e. The lowest BCUT2D eigenvalue weighted by atomic mass is 10.1. The Bertz CT molecular complexity index is 1170. The molecule has 0 fully saturated rings. The van der Waals surface area contributed by atoms with Crippen molar-refractivity contribution in [1.29, 1.82) is 5.26 Å². The van der Waals surface area contributed by atoms with Gasteiger partial charge in [0, 0.05) is 22.6 Å². The minimum atomic E-state index is -0.759. The molecule has 0 spiro atoms. The van der Waals surface area contributed by atoms with Crippen LogP contribution in [0.15, 0.2) is 47.6 Å². The van der Waals surface area contributed by atoms with E-state index in [1.807, 2.05) is 26.0 Å². The van der Waals surface area contributed by atoms with Crippen LogP contribution in [-0.2, 0) is 0 Å². The van der Waals surface area contributed by atoms with Crippen LogP contribution in [0, 0.1) is 44.8 Å². The predicted octanol–water partition coefficient (Wildman–Crippen LogP) is 4.49. The van der Waals surface area contributed by atoms with Gasteiger partial charge in [-0.1, -0.05) is 17.7 Å². The number of hydrogen-bond acceptors (Lipinski definition) is 3. The Labute approximate surface area is 169 Å². The van der Waals surface area contributed by atoms with E-state index in [4.69, 9.17) is 5.26 Å². The van der Waals surface area contributed by atoms with E-state index in [1.54, 1.807) is 6.21 Å². The molecule has 0 saturated heterocycles. The third kappa shape index (κ3) is 4.09. The molecular weight excluding hydrogens is 367 g/mol. The summed E-state index contributed by atoms with van der Waals surface area (Å²) in [7, 11) is 0. The first kappa shape index (κ1) is 20.0. The fourth-order valence-electron chi connectivity index (χ4n) is 3.33. The zero-order chi connectivity index (χ0) is 21.1. The summed E-state index contributed by atoms with van der Waals surface area (Å²) in [6.45, 7) is 8.12. The van der Waals surface area contributed by atoms with Gasteiger partial charge in [-0.15, -0.1) is 0 Å². The molecule has 0 aliphatic carbocycles. The monoisotopic (exact) mass is 388 g/mol. The Balaban J connectivity index is 1.82. The van der Waals surface area contributed by atoms with Crippen LogP contribution in [-0.4, -0.2) is 16.7 Å². The second-order valence-electron chi connectivity index (χ2n) is 6.96. The fourth-order valence-corrected chi connectivity index (χ4v) is 3.33. The van der Waals surface area contributed by atoms with Gasteiger partial charge in [-0.2, -0.15) is 10.4 Å². The maximum absolute atomic E-state index is 13.9. The van der Waals surface area contributed by atoms with Gasteiger partial charge in [-0.25, -0.2) is 9.82 Å². The Hall–Kier alpha value is -3.72. The summed E-state index contributed by atoms with van der Waals surface area (Å²) in [5, 5.41) is 12.8. The molecule has 1 heterocycles. The number of hydrogen-bond donors (Lipinski definition) is 1. The van der Waals surface area contributed by atoms with Crippen LogP contribution in [0.5, 0.6) is 0 Å². The Kier molecular flexibility index (Phi) is 5.60. The Morgan fingerprint density at radius 3 is 2.55 bits per heavy atom. The Morgan fingerprint density at radius 2 is 1.90 bits per heavy atom. The van der Waals surface area contributed by atoms with Crippen molar-refractivity contribution in [3.8, 4) is 11.8 Å². The van der Waals surface area contributed by atoms with Crippen LogP contribution < -0.4 is 5.43 Å². The highest BCUT2D eigenvalue weighted by Crippen LogP contribution is 2.23. The highest BCUT2D eigenvalue weighted by Gasteiger charge is 2.13. The number of amides is 1. The van der Waals surface area contributed by atoms with E-state index in [-0.39, 0.29) is 11.1 Å². The van der Waals surface area contributed by atoms with Gasteiger partial charge in [0.2, 0.25) is 0 Å². The van der Waals surface area contributed by atoms with Crippen molar-refractivity contribution in [2.75, 3.05) is 0 Å². The average Bonchev–Trinajstić information content (AvgIpc) is 2.95. The van der Waals surface area contributed by atoms with E-state index in [2.05, 4.69) is 47.1 Å². The Morgan fingerprint density at radius 1 is 1.14 bits per heavy atom. The predicted molar refractivity (Wildman–Crippen MR) is 111 cm³/mol. The van der Waals surface area contributed by atoms with E-state index in [9.17, 15) is 9.18 Å². The van der Waals surface area contributed by atoms with Crippen molar-refractivity contribution in [2.24, 2.45) is 5.10 Å². The van der Waals surface area contributed by atoms with Gasteiger partial charge in [0.05, 0.1) is 23.4 Å². The van der Waals surface area contributed by atoms with E-state index in [0.717, 1.165) is 28.7 Å². The number of rotatable bonds is 4. The molecule has 146 valence electrons. The second-order valence-corrected chi connectivity index (χ2v) is 6.96. The lowest BCUT2D eigenvalue weighted by Gasteiger charge is -2.13. The minimum Gasteiger partial charge on any atom is -0.318 e. The summed E-state index contributed by atoms with van der Waals surface area (Å²) < 4.78 is 16.1. The van der Waals surface area contributed by atoms with Crippen molar-refractivity contribution >= 4 is 12.1 Å². The van der Waals surface area contributed by atoms with Gasteiger partial charge in [-0.3, -0.25) is 4.79 Å². The van der Waals surface area contributed by atoms with Gasteiger partial charge in [-0.05, 0) is 63.6 Å². The molecule has 0 aliphatic heterocycles. The smallest absolute Gasteiger partial charge is 0.274 e. The van der Waals surface area contributed by atoms with Gasteiger partial charge < -0.3 is 4.57 Å². The van der Waals surface area contributed by atoms with Crippen LogP contribution in [0.3, 0.4) is 0 Å². The summed E-state index contributed by atoms with van der Waals surface area (Å²) >= 11 is 0. The normalized spacial score (nSPS) is 10.9. The number of nitrogens with zero attached hydrogens (tertiary/aromatic N) is 3. The number of benzene rings is 2. The summed E-state index contributed by atoms with van der Waals surface area (Å²) in [5.41, 5.74) is 8.66. The molecule has 0 atom stereocenters. The lowest BCUT2D eigenvalue weighted by Crippen LogP contribution is -2.19. The molecule has 3 aromatic rings. The number of nitriles is 1. The molecule has 2 aromatic carbocycles.